The topological polar surface area (TPSA) is 70.1 Å². The number of anilines is 1. The SMILES string of the molecule is O=C(O)C(F)(F)F.O=C1C[C@H]2[C@@H](CCN2CC2CCOC2)N1c1ccsc1. The molecule has 3 aliphatic heterocycles. The Morgan fingerprint density at radius 2 is 2.07 bits per heavy atom. The van der Waals surface area contributed by atoms with Crippen LogP contribution in [0.25, 0.3) is 0 Å². The molecule has 3 fully saturated rings. The average molecular weight is 406 g/mol. The number of carboxylic acid groups (broad SMARTS) is 1. The molecule has 10 heteroatoms. The number of halogens is 3. The van der Waals surface area contributed by atoms with E-state index in [1.54, 1.807) is 11.3 Å². The molecule has 0 spiro atoms. The highest BCUT2D eigenvalue weighted by atomic mass is 32.1. The number of hydrogen-bond acceptors (Lipinski definition) is 5. The molecule has 1 aromatic heterocycles. The van der Waals surface area contributed by atoms with Crippen molar-refractivity contribution in [3.8, 4) is 0 Å². The number of ether oxygens (including phenoxy) is 1. The lowest BCUT2D eigenvalue weighted by Crippen LogP contribution is -2.39. The molecule has 1 aromatic rings. The Hall–Kier alpha value is -1.65. The van der Waals surface area contributed by atoms with E-state index in [0.717, 1.165) is 38.4 Å². The lowest BCUT2D eigenvalue weighted by atomic mass is 10.1. The number of rotatable bonds is 3. The van der Waals surface area contributed by atoms with Crippen LogP contribution in [-0.2, 0) is 14.3 Å². The van der Waals surface area contributed by atoms with Gasteiger partial charge in [-0.15, -0.1) is 0 Å². The number of nitrogens with zero attached hydrogens (tertiary/aromatic N) is 2. The predicted octanol–water partition coefficient (Wildman–Crippen LogP) is 2.60. The second kappa shape index (κ2) is 8.15. The first-order valence-corrected chi connectivity index (χ1v) is 9.68. The van der Waals surface area contributed by atoms with Crippen LogP contribution in [0.3, 0.4) is 0 Å². The van der Waals surface area contributed by atoms with E-state index in [1.165, 1.54) is 6.42 Å². The molecule has 3 atom stereocenters. The van der Waals surface area contributed by atoms with E-state index in [2.05, 4.69) is 21.7 Å². The number of carbonyl (C=O) groups is 2. The minimum absolute atomic E-state index is 0.297. The summed E-state index contributed by atoms with van der Waals surface area (Å²) in [5.41, 5.74) is 1.10. The molecule has 3 saturated heterocycles. The Kier molecular flexibility index (Phi) is 6.07. The van der Waals surface area contributed by atoms with Crippen molar-refractivity contribution >= 4 is 28.9 Å². The smallest absolute Gasteiger partial charge is 0.475 e. The molecule has 3 aliphatic rings. The highest BCUT2D eigenvalue weighted by molar-refractivity contribution is 7.08. The van der Waals surface area contributed by atoms with E-state index >= 15 is 0 Å². The Balaban J connectivity index is 0.000000260. The van der Waals surface area contributed by atoms with E-state index in [-0.39, 0.29) is 0 Å². The Morgan fingerprint density at radius 3 is 2.63 bits per heavy atom. The molecule has 4 rings (SSSR count). The van der Waals surface area contributed by atoms with Gasteiger partial charge in [-0.25, -0.2) is 4.79 Å². The van der Waals surface area contributed by atoms with Crippen LogP contribution in [0.1, 0.15) is 19.3 Å². The molecular formula is C17H21F3N2O4S. The van der Waals surface area contributed by atoms with Crippen LogP contribution < -0.4 is 4.90 Å². The molecule has 0 radical (unpaired) electrons. The summed E-state index contributed by atoms with van der Waals surface area (Å²) in [6.45, 7) is 4.04. The third-order valence-electron chi connectivity index (χ3n) is 5.15. The van der Waals surface area contributed by atoms with Crippen molar-refractivity contribution in [2.45, 2.75) is 37.5 Å². The fraction of sp³-hybridized carbons (Fsp3) is 0.647. The molecule has 1 amide bonds. The quantitative estimate of drug-likeness (QED) is 0.836. The lowest BCUT2D eigenvalue weighted by Gasteiger charge is -2.26. The van der Waals surface area contributed by atoms with E-state index < -0.39 is 12.1 Å². The van der Waals surface area contributed by atoms with Gasteiger partial charge in [-0.2, -0.15) is 24.5 Å². The van der Waals surface area contributed by atoms with Gasteiger partial charge in [-0.3, -0.25) is 9.69 Å². The van der Waals surface area contributed by atoms with Crippen molar-refractivity contribution in [1.82, 2.24) is 4.90 Å². The van der Waals surface area contributed by atoms with Crippen molar-refractivity contribution in [3.63, 3.8) is 0 Å². The van der Waals surface area contributed by atoms with Gasteiger partial charge in [0.25, 0.3) is 0 Å². The van der Waals surface area contributed by atoms with Crippen LogP contribution in [0.4, 0.5) is 18.9 Å². The molecule has 0 aliphatic carbocycles. The standard InChI is InChI=1S/C15H20N2O2S.C2HF3O2/c18-15-7-14-13(17(15)12-3-6-20-10-12)1-4-16(14)8-11-2-5-19-9-11;3-2(4,5)1(6)7/h3,6,10-11,13-14H,1-2,4-5,7-9H2;(H,6,7)/t11?,13-,14+;/m1./s1. The van der Waals surface area contributed by atoms with Gasteiger partial charge in [0, 0.05) is 37.5 Å². The van der Waals surface area contributed by atoms with Gasteiger partial charge in [0.05, 0.1) is 18.3 Å². The molecule has 4 heterocycles. The molecule has 0 saturated carbocycles. The summed E-state index contributed by atoms with van der Waals surface area (Å²) in [6, 6.07) is 2.88. The first kappa shape index (κ1) is 20.1. The van der Waals surface area contributed by atoms with E-state index in [1.807, 2.05) is 4.90 Å². The summed E-state index contributed by atoms with van der Waals surface area (Å²) in [6.07, 6.45) is -2.11. The number of aliphatic carboxylic acids is 1. The number of carbonyl (C=O) groups excluding carboxylic acids is 1. The molecule has 1 unspecified atom stereocenters. The molecule has 27 heavy (non-hydrogen) atoms. The molecule has 6 nitrogen and oxygen atoms in total. The second-order valence-electron chi connectivity index (χ2n) is 6.90. The van der Waals surface area contributed by atoms with Crippen LogP contribution >= 0.6 is 11.3 Å². The normalized spacial score (nSPS) is 28.2. The summed E-state index contributed by atoms with van der Waals surface area (Å²) in [7, 11) is 0. The van der Waals surface area contributed by atoms with Gasteiger partial charge in [0.15, 0.2) is 0 Å². The maximum atomic E-state index is 12.3. The average Bonchev–Trinajstić information content (AvgIpc) is 3.34. The van der Waals surface area contributed by atoms with Gasteiger partial charge < -0.3 is 14.7 Å². The zero-order valence-corrected chi connectivity index (χ0v) is 15.3. The summed E-state index contributed by atoms with van der Waals surface area (Å²) in [5.74, 6) is -1.79. The first-order valence-electron chi connectivity index (χ1n) is 8.73. The van der Waals surface area contributed by atoms with E-state index in [4.69, 9.17) is 14.6 Å². The van der Waals surface area contributed by atoms with E-state index in [9.17, 15) is 18.0 Å². The third kappa shape index (κ3) is 4.61. The van der Waals surface area contributed by atoms with Crippen LogP contribution in [-0.4, -0.2) is 66.4 Å². The van der Waals surface area contributed by atoms with Crippen LogP contribution in [0.5, 0.6) is 0 Å². The van der Waals surface area contributed by atoms with Gasteiger partial charge in [-0.05, 0) is 30.2 Å². The number of thiophene rings is 1. The Morgan fingerprint density at radius 1 is 1.33 bits per heavy atom. The van der Waals surface area contributed by atoms with Gasteiger partial charge in [-0.1, -0.05) is 0 Å². The Labute approximate surface area is 158 Å². The highest BCUT2D eigenvalue weighted by Crippen LogP contribution is 2.37. The van der Waals surface area contributed by atoms with Gasteiger partial charge >= 0.3 is 12.1 Å². The van der Waals surface area contributed by atoms with Crippen molar-refractivity contribution < 1.29 is 32.6 Å². The van der Waals surface area contributed by atoms with Gasteiger partial charge in [0.2, 0.25) is 5.91 Å². The van der Waals surface area contributed by atoms with Crippen LogP contribution in [0.15, 0.2) is 16.8 Å². The molecule has 0 bridgehead atoms. The number of amides is 1. The summed E-state index contributed by atoms with van der Waals surface area (Å²) >= 11 is 1.67. The van der Waals surface area contributed by atoms with Crippen LogP contribution in [0, 0.1) is 5.92 Å². The monoisotopic (exact) mass is 406 g/mol. The minimum atomic E-state index is -5.08. The second-order valence-corrected chi connectivity index (χ2v) is 7.68. The fourth-order valence-corrected chi connectivity index (χ4v) is 4.57. The maximum absolute atomic E-state index is 12.3. The van der Waals surface area contributed by atoms with Crippen LogP contribution in [0.2, 0.25) is 0 Å². The van der Waals surface area contributed by atoms with Crippen molar-refractivity contribution in [1.29, 1.82) is 0 Å². The van der Waals surface area contributed by atoms with Crippen molar-refractivity contribution in [2.24, 2.45) is 5.92 Å². The minimum Gasteiger partial charge on any atom is -0.475 e. The van der Waals surface area contributed by atoms with Crippen molar-refractivity contribution in [3.05, 3.63) is 16.8 Å². The van der Waals surface area contributed by atoms with Gasteiger partial charge in [0.1, 0.15) is 0 Å². The number of alkyl halides is 3. The number of likely N-dealkylation sites (tertiary alicyclic amines) is 1. The zero-order valence-electron chi connectivity index (χ0n) is 14.5. The van der Waals surface area contributed by atoms with E-state index in [0.29, 0.717) is 30.3 Å². The molecule has 150 valence electrons. The molecule has 0 aromatic carbocycles. The summed E-state index contributed by atoms with van der Waals surface area (Å²) in [4.78, 5) is 25.8. The largest absolute Gasteiger partial charge is 0.490 e. The predicted molar refractivity (Wildman–Crippen MR) is 92.8 cm³/mol. The summed E-state index contributed by atoms with van der Waals surface area (Å²) < 4.78 is 37.2. The number of carboxylic acids is 1. The first-order chi connectivity index (χ1) is 12.8. The van der Waals surface area contributed by atoms with Crippen molar-refractivity contribution in [2.75, 3.05) is 31.2 Å². The number of hydrogen-bond donors (Lipinski definition) is 1. The maximum Gasteiger partial charge on any atom is 0.490 e. The lowest BCUT2D eigenvalue weighted by molar-refractivity contribution is -0.192. The summed E-state index contributed by atoms with van der Waals surface area (Å²) in [5, 5.41) is 11.3. The third-order valence-corrected chi connectivity index (χ3v) is 5.82. The zero-order chi connectivity index (χ0) is 19.6. The molecule has 1 N–H and O–H groups in total. The fourth-order valence-electron chi connectivity index (χ4n) is 3.94. The molecular weight excluding hydrogens is 385 g/mol. The number of fused-ring (bicyclic) bond motifs is 1. The highest BCUT2D eigenvalue weighted by Gasteiger charge is 2.47. The Bertz CT molecular complexity index is 662.